The van der Waals surface area contributed by atoms with E-state index in [0.717, 1.165) is 5.82 Å². The SMILES string of the molecule is Cn1ccnc1CCNc1ncccc1[N+](=O)[O-]. The van der Waals surface area contributed by atoms with Crippen molar-refractivity contribution in [3.05, 3.63) is 46.7 Å². The number of nitrogens with zero attached hydrogens (tertiary/aromatic N) is 4. The monoisotopic (exact) mass is 247 g/mol. The zero-order valence-corrected chi connectivity index (χ0v) is 9.91. The Kier molecular flexibility index (Phi) is 3.52. The van der Waals surface area contributed by atoms with Crippen molar-refractivity contribution in [3.8, 4) is 0 Å². The minimum Gasteiger partial charge on any atom is -0.364 e. The number of aromatic nitrogens is 3. The zero-order chi connectivity index (χ0) is 13.0. The Morgan fingerprint density at radius 2 is 2.28 bits per heavy atom. The van der Waals surface area contributed by atoms with Crippen LogP contribution in [0.5, 0.6) is 0 Å². The number of hydrogen-bond donors (Lipinski definition) is 1. The van der Waals surface area contributed by atoms with Gasteiger partial charge in [-0.3, -0.25) is 10.1 Å². The van der Waals surface area contributed by atoms with Gasteiger partial charge in [-0.2, -0.15) is 0 Å². The molecule has 0 saturated heterocycles. The predicted molar refractivity (Wildman–Crippen MR) is 66.3 cm³/mol. The molecule has 0 fully saturated rings. The Labute approximate surface area is 104 Å². The molecule has 0 spiro atoms. The van der Waals surface area contributed by atoms with Crippen molar-refractivity contribution in [3.63, 3.8) is 0 Å². The van der Waals surface area contributed by atoms with Gasteiger partial charge in [-0.1, -0.05) is 0 Å². The van der Waals surface area contributed by atoms with Crippen molar-refractivity contribution in [2.24, 2.45) is 7.05 Å². The van der Waals surface area contributed by atoms with Gasteiger partial charge in [0.1, 0.15) is 5.82 Å². The molecule has 0 aliphatic heterocycles. The van der Waals surface area contributed by atoms with Gasteiger partial charge in [-0.15, -0.1) is 0 Å². The molecule has 0 radical (unpaired) electrons. The first kappa shape index (κ1) is 12.0. The van der Waals surface area contributed by atoms with E-state index in [-0.39, 0.29) is 11.5 Å². The van der Waals surface area contributed by atoms with Crippen LogP contribution in [0.15, 0.2) is 30.7 Å². The Morgan fingerprint density at radius 1 is 1.44 bits per heavy atom. The van der Waals surface area contributed by atoms with E-state index in [4.69, 9.17) is 0 Å². The second-order valence-electron chi connectivity index (χ2n) is 3.76. The van der Waals surface area contributed by atoms with Gasteiger partial charge in [0.25, 0.3) is 0 Å². The van der Waals surface area contributed by atoms with Gasteiger partial charge in [-0.25, -0.2) is 9.97 Å². The molecular weight excluding hydrogens is 234 g/mol. The van der Waals surface area contributed by atoms with Crippen molar-refractivity contribution in [2.45, 2.75) is 6.42 Å². The number of anilines is 1. The summed E-state index contributed by atoms with van der Waals surface area (Å²) in [5.41, 5.74) is -0.0164. The van der Waals surface area contributed by atoms with E-state index in [9.17, 15) is 10.1 Å². The lowest BCUT2D eigenvalue weighted by atomic mass is 10.3. The van der Waals surface area contributed by atoms with E-state index in [2.05, 4.69) is 15.3 Å². The van der Waals surface area contributed by atoms with E-state index >= 15 is 0 Å². The summed E-state index contributed by atoms with van der Waals surface area (Å²) in [6, 6.07) is 2.97. The second-order valence-corrected chi connectivity index (χ2v) is 3.76. The highest BCUT2D eigenvalue weighted by Crippen LogP contribution is 2.19. The van der Waals surface area contributed by atoms with Crippen LogP contribution in [0, 0.1) is 10.1 Å². The Morgan fingerprint density at radius 3 is 2.94 bits per heavy atom. The van der Waals surface area contributed by atoms with Crippen LogP contribution in [0.1, 0.15) is 5.82 Å². The van der Waals surface area contributed by atoms with Crippen molar-refractivity contribution >= 4 is 11.5 Å². The van der Waals surface area contributed by atoms with Crippen LogP contribution in [0.25, 0.3) is 0 Å². The average Bonchev–Trinajstić information content (AvgIpc) is 2.76. The molecule has 2 heterocycles. The number of rotatable bonds is 5. The molecule has 2 rings (SSSR count). The quantitative estimate of drug-likeness (QED) is 0.637. The largest absolute Gasteiger partial charge is 0.364 e. The maximum absolute atomic E-state index is 10.8. The van der Waals surface area contributed by atoms with Gasteiger partial charge in [0.05, 0.1) is 4.92 Å². The van der Waals surface area contributed by atoms with Crippen molar-refractivity contribution < 1.29 is 4.92 Å². The topological polar surface area (TPSA) is 85.9 Å². The first-order valence-corrected chi connectivity index (χ1v) is 5.48. The third-order valence-electron chi connectivity index (χ3n) is 2.55. The molecule has 0 bridgehead atoms. The fourth-order valence-corrected chi connectivity index (χ4v) is 1.61. The lowest BCUT2D eigenvalue weighted by Gasteiger charge is -2.05. The highest BCUT2D eigenvalue weighted by atomic mass is 16.6. The summed E-state index contributed by atoms with van der Waals surface area (Å²) in [5.74, 6) is 1.21. The summed E-state index contributed by atoms with van der Waals surface area (Å²) in [5, 5.41) is 13.7. The minimum atomic E-state index is -0.448. The van der Waals surface area contributed by atoms with Crippen LogP contribution >= 0.6 is 0 Å². The lowest BCUT2D eigenvalue weighted by Crippen LogP contribution is -2.10. The molecule has 0 amide bonds. The molecule has 0 saturated carbocycles. The summed E-state index contributed by atoms with van der Waals surface area (Å²) < 4.78 is 1.91. The van der Waals surface area contributed by atoms with Crippen LogP contribution in [0.3, 0.4) is 0 Å². The molecule has 18 heavy (non-hydrogen) atoms. The number of aryl methyl sites for hydroxylation is 1. The number of hydrogen-bond acceptors (Lipinski definition) is 5. The molecule has 2 aromatic heterocycles. The normalized spacial score (nSPS) is 10.3. The fourth-order valence-electron chi connectivity index (χ4n) is 1.61. The van der Waals surface area contributed by atoms with Crippen LogP contribution in [-0.4, -0.2) is 26.0 Å². The van der Waals surface area contributed by atoms with Gasteiger partial charge in [0, 0.05) is 44.7 Å². The molecule has 0 aliphatic carbocycles. The third kappa shape index (κ3) is 2.62. The predicted octanol–water partition coefficient (Wildman–Crippen LogP) is 1.38. The first-order chi connectivity index (χ1) is 8.68. The fraction of sp³-hybridized carbons (Fsp3) is 0.273. The summed E-state index contributed by atoms with van der Waals surface area (Å²) in [4.78, 5) is 18.5. The van der Waals surface area contributed by atoms with Crippen molar-refractivity contribution in [1.82, 2.24) is 14.5 Å². The molecular formula is C11H13N5O2. The molecule has 0 aliphatic rings. The van der Waals surface area contributed by atoms with Gasteiger partial charge >= 0.3 is 5.69 Å². The molecule has 2 aromatic rings. The van der Waals surface area contributed by atoms with Crippen LogP contribution in [-0.2, 0) is 13.5 Å². The van der Waals surface area contributed by atoms with Crippen LogP contribution in [0.4, 0.5) is 11.5 Å². The summed E-state index contributed by atoms with van der Waals surface area (Å²) in [6.07, 6.45) is 5.78. The highest BCUT2D eigenvalue weighted by molar-refractivity contribution is 5.54. The number of nitrogens with one attached hydrogen (secondary N) is 1. The van der Waals surface area contributed by atoms with Gasteiger partial charge in [-0.05, 0) is 6.07 Å². The smallest absolute Gasteiger partial charge is 0.311 e. The van der Waals surface area contributed by atoms with Gasteiger partial charge < -0.3 is 9.88 Å². The van der Waals surface area contributed by atoms with Crippen molar-refractivity contribution in [2.75, 3.05) is 11.9 Å². The van der Waals surface area contributed by atoms with Gasteiger partial charge in [0.2, 0.25) is 5.82 Å². The van der Waals surface area contributed by atoms with E-state index in [1.807, 2.05) is 17.8 Å². The van der Waals surface area contributed by atoms with Crippen LogP contribution in [0.2, 0.25) is 0 Å². The van der Waals surface area contributed by atoms with E-state index in [1.54, 1.807) is 12.3 Å². The first-order valence-electron chi connectivity index (χ1n) is 5.48. The Balaban J connectivity index is 1.99. The van der Waals surface area contributed by atoms with E-state index in [1.165, 1.54) is 12.3 Å². The van der Waals surface area contributed by atoms with E-state index in [0.29, 0.717) is 13.0 Å². The zero-order valence-electron chi connectivity index (χ0n) is 9.91. The number of imidazole rings is 1. The maximum Gasteiger partial charge on any atom is 0.311 e. The Hall–Kier alpha value is -2.44. The molecule has 1 N–H and O–H groups in total. The van der Waals surface area contributed by atoms with Crippen molar-refractivity contribution in [1.29, 1.82) is 0 Å². The molecule has 94 valence electrons. The van der Waals surface area contributed by atoms with E-state index < -0.39 is 4.92 Å². The maximum atomic E-state index is 10.8. The minimum absolute atomic E-state index is 0.0164. The number of pyridine rings is 1. The molecule has 0 unspecified atom stereocenters. The molecule has 7 heteroatoms. The number of nitro groups is 1. The van der Waals surface area contributed by atoms with Crippen LogP contribution < -0.4 is 5.32 Å². The van der Waals surface area contributed by atoms with Gasteiger partial charge in [0.15, 0.2) is 0 Å². The second kappa shape index (κ2) is 5.26. The average molecular weight is 247 g/mol. The summed E-state index contributed by atoms with van der Waals surface area (Å²) >= 11 is 0. The standard InChI is InChI=1S/C11H13N5O2/c1-15-8-7-12-10(15)4-6-14-11-9(16(17)18)3-2-5-13-11/h2-3,5,7-8H,4,6H2,1H3,(H,13,14). The molecule has 0 aromatic carbocycles. The highest BCUT2D eigenvalue weighted by Gasteiger charge is 2.13. The summed E-state index contributed by atoms with van der Waals surface area (Å²) in [7, 11) is 1.91. The molecule has 0 atom stereocenters. The summed E-state index contributed by atoms with van der Waals surface area (Å²) in [6.45, 7) is 0.544. The third-order valence-corrected chi connectivity index (χ3v) is 2.55. The lowest BCUT2D eigenvalue weighted by molar-refractivity contribution is -0.384. The molecule has 7 nitrogen and oxygen atoms in total. The Bertz CT molecular complexity index is 552.